The van der Waals surface area contributed by atoms with E-state index < -0.39 is 0 Å². The summed E-state index contributed by atoms with van der Waals surface area (Å²) >= 11 is 0. The average Bonchev–Trinajstić information content (AvgIpc) is 3.29. The van der Waals surface area contributed by atoms with Gasteiger partial charge < -0.3 is 4.74 Å². The second-order valence-corrected chi connectivity index (χ2v) is 6.21. The first-order valence-electron chi connectivity index (χ1n) is 7.20. The Balaban J connectivity index is 1.65. The van der Waals surface area contributed by atoms with Gasteiger partial charge in [0, 0.05) is 25.2 Å². The van der Waals surface area contributed by atoms with E-state index in [9.17, 15) is 5.26 Å². The van der Waals surface area contributed by atoms with Gasteiger partial charge in [-0.1, -0.05) is 0 Å². The molecule has 0 aromatic carbocycles. The number of hydrogen-bond donors (Lipinski definition) is 1. The van der Waals surface area contributed by atoms with Crippen LogP contribution in [0.25, 0.3) is 0 Å². The molecule has 3 rings (SSSR count). The molecule has 4 nitrogen and oxygen atoms in total. The van der Waals surface area contributed by atoms with Gasteiger partial charge >= 0.3 is 0 Å². The molecule has 0 radical (unpaired) electrons. The number of nitrogens with zero attached hydrogens (tertiary/aromatic N) is 2. The zero-order valence-corrected chi connectivity index (χ0v) is 11.2. The van der Waals surface area contributed by atoms with Crippen LogP contribution in [-0.4, -0.2) is 49.3 Å². The Hall–Kier alpha value is -0.630. The van der Waals surface area contributed by atoms with Crippen LogP contribution in [0.3, 0.4) is 0 Å². The van der Waals surface area contributed by atoms with E-state index in [1.807, 2.05) is 0 Å². The molecule has 1 N–H and O–H groups in total. The fraction of sp³-hybridized carbons (Fsp3) is 0.929. The van der Waals surface area contributed by atoms with Crippen molar-refractivity contribution >= 4 is 0 Å². The number of nitriles is 1. The van der Waals surface area contributed by atoms with E-state index in [1.54, 1.807) is 0 Å². The molecule has 1 aliphatic heterocycles. The first kappa shape index (κ1) is 12.4. The van der Waals surface area contributed by atoms with Crippen LogP contribution >= 0.6 is 0 Å². The van der Waals surface area contributed by atoms with Gasteiger partial charge in [0.15, 0.2) is 0 Å². The van der Waals surface area contributed by atoms with Crippen molar-refractivity contribution in [3.63, 3.8) is 0 Å². The summed E-state index contributed by atoms with van der Waals surface area (Å²) in [6.45, 7) is 2.54. The lowest BCUT2D eigenvalue weighted by molar-refractivity contribution is 0.138. The zero-order valence-electron chi connectivity index (χ0n) is 11.2. The summed E-state index contributed by atoms with van der Waals surface area (Å²) in [6.07, 6.45) is 6.01. The molecule has 18 heavy (non-hydrogen) atoms. The van der Waals surface area contributed by atoms with Crippen LogP contribution in [0, 0.1) is 17.2 Å². The third-order valence-corrected chi connectivity index (χ3v) is 4.54. The van der Waals surface area contributed by atoms with E-state index in [0.29, 0.717) is 18.0 Å². The van der Waals surface area contributed by atoms with Crippen LogP contribution in [0.5, 0.6) is 0 Å². The van der Waals surface area contributed by atoms with Gasteiger partial charge in [-0.2, -0.15) is 5.26 Å². The predicted molar refractivity (Wildman–Crippen MR) is 69.1 cm³/mol. The van der Waals surface area contributed by atoms with Gasteiger partial charge in [0.1, 0.15) is 5.54 Å². The summed E-state index contributed by atoms with van der Waals surface area (Å²) < 4.78 is 5.45. The minimum absolute atomic E-state index is 0.307. The molecule has 3 fully saturated rings. The van der Waals surface area contributed by atoms with Crippen molar-refractivity contribution in [2.24, 2.45) is 5.92 Å². The molecular weight excluding hydrogens is 226 g/mol. The Morgan fingerprint density at radius 1 is 1.33 bits per heavy atom. The summed E-state index contributed by atoms with van der Waals surface area (Å²) in [5.41, 5.74) is -0.307. The number of likely N-dealkylation sites (N-methyl/N-ethyl adjacent to an activating group) is 1. The molecule has 4 heteroatoms. The largest absolute Gasteiger partial charge is 0.380 e. The lowest BCUT2D eigenvalue weighted by atomic mass is 9.93. The van der Waals surface area contributed by atoms with Crippen LogP contribution < -0.4 is 5.32 Å². The van der Waals surface area contributed by atoms with Gasteiger partial charge in [0.2, 0.25) is 0 Å². The summed E-state index contributed by atoms with van der Waals surface area (Å²) in [5, 5.41) is 13.3. The number of hydrogen-bond acceptors (Lipinski definition) is 4. The minimum Gasteiger partial charge on any atom is -0.380 e. The average molecular weight is 249 g/mol. The van der Waals surface area contributed by atoms with Gasteiger partial charge in [-0.05, 0) is 45.1 Å². The van der Waals surface area contributed by atoms with Gasteiger partial charge in [0.05, 0.1) is 12.7 Å². The number of nitrogens with one attached hydrogen (secondary N) is 1. The first-order chi connectivity index (χ1) is 8.73. The summed E-state index contributed by atoms with van der Waals surface area (Å²) in [6, 6.07) is 3.70. The van der Waals surface area contributed by atoms with Crippen LogP contribution in [0.2, 0.25) is 0 Å². The summed E-state index contributed by atoms with van der Waals surface area (Å²) in [7, 11) is 2.14. The quantitative estimate of drug-likeness (QED) is 0.766. The Morgan fingerprint density at radius 2 is 2.11 bits per heavy atom. The molecule has 2 saturated carbocycles. The maximum absolute atomic E-state index is 9.68. The fourth-order valence-corrected chi connectivity index (χ4v) is 3.01. The molecule has 1 saturated heterocycles. The minimum atomic E-state index is -0.307. The molecule has 0 amide bonds. The van der Waals surface area contributed by atoms with Crippen molar-refractivity contribution < 1.29 is 4.74 Å². The van der Waals surface area contributed by atoms with Crippen molar-refractivity contribution in [3.8, 4) is 6.07 Å². The normalized spacial score (nSPS) is 31.3. The zero-order chi connectivity index (χ0) is 12.6. The monoisotopic (exact) mass is 249 g/mol. The number of rotatable bonds is 6. The van der Waals surface area contributed by atoms with Crippen molar-refractivity contribution in [2.45, 2.75) is 49.7 Å². The molecule has 0 spiro atoms. The van der Waals surface area contributed by atoms with E-state index in [2.05, 4.69) is 23.3 Å². The summed E-state index contributed by atoms with van der Waals surface area (Å²) in [4.78, 5) is 2.34. The van der Waals surface area contributed by atoms with Crippen LogP contribution in [0.15, 0.2) is 0 Å². The third kappa shape index (κ3) is 2.54. The molecule has 2 atom stereocenters. The Labute approximate surface area is 109 Å². The van der Waals surface area contributed by atoms with Crippen LogP contribution in [0.4, 0.5) is 0 Å². The van der Waals surface area contributed by atoms with Crippen LogP contribution in [-0.2, 0) is 4.74 Å². The molecule has 1 heterocycles. The second kappa shape index (κ2) is 4.80. The van der Waals surface area contributed by atoms with Gasteiger partial charge in [0.25, 0.3) is 0 Å². The van der Waals surface area contributed by atoms with Crippen LogP contribution in [0.1, 0.15) is 32.1 Å². The molecule has 2 aliphatic carbocycles. The highest BCUT2D eigenvalue weighted by Gasteiger charge is 2.49. The fourth-order valence-electron chi connectivity index (χ4n) is 3.01. The molecule has 0 aromatic rings. The van der Waals surface area contributed by atoms with Gasteiger partial charge in [-0.3, -0.25) is 10.2 Å². The topological polar surface area (TPSA) is 48.3 Å². The molecule has 0 aromatic heterocycles. The molecule has 0 bridgehead atoms. The van der Waals surface area contributed by atoms with E-state index >= 15 is 0 Å². The van der Waals surface area contributed by atoms with E-state index in [0.717, 1.165) is 26.2 Å². The predicted octanol–water partition coefficient (Wildman–Crippen LogP) is 1.13. The van der Waals surface area contributed by atoms with Crippen molar-refractivity contribution in [1.29, 1.82) is 5.26 Å². The molecule has 100 valence electrons. The number of ether oxygens (including phenoxy) is 1. The standard InChI is InChI=1S/C14H23N3O/c1-17(13-6-7-18-8-13)10-14(9-15,11-2-3-11)16-12-4-5-12/h11-13,16H,2-8,10H2,1H3. The Kier molecular flexibility index (Phi) is 3.31. The highest BCUT2D eigenvalue weighted by molar-refractivity contribution is 5.18. The Bertz CT molecular complexity index is 339. The van der Waals surface area contributed by atoms with E-state index in [-0.39, 0.29) is 5.54 Å². The highest BCUT2D eigenvalue weighted by Crippen LogP contribution is 2.42. The second-order valence-electron chi connectivity index (χ2n) is 6.21. The summed E-state index contributed by atoms with van der Waals surface area (Å²) in [5.74, 6) is 0.563. The van der Waals surface area contributed by atoms with Crippen molar-refractivity contribution in [2.75, 3.05) is 26.8 Å². The van der Waals surface area contributed by atoms with Gasteiger partial charge in [-0.15, -0.1) is 0 Å². The SMILES string of the molecule is CN(CC(C#N)(NC1CC1)C1CC1)C1CCOC1. The molecule has 2 unspecified atom stereocenters. The maximum Gasteiger partial charge on any atom is 0.122 e. The lowest BCUT2D eigenvalue weighted by Crippen LogP contribution is -2.56. The van der Waals surface area contributed by atoms with Crippen molar-refractivity contribution in [1.82, 2.24) is 10.2 Å². The van der Waals surface area contributed by atoms with Gasteiger partial charge in [-0.25, -0.2) is 0 Å². The molecular formula is C14H23N3O. The molecule has 3 aliphatic rings. The van der Waals surface area contributed by atoms with Crippen molar-refractivity contribution in [3.05, 3.63) is 0 Å². The van der Waals surface area contributed by atoms with E-state index in [1.165, 1.54) is 25.7 Å². The highest BCUT2D eigenvalue weighted by atomic mass is 16.5. The maximum atomic E-state index is 9.68. The smallest absolute Gasteiger partial charge is 0.122 e. The first-order valence-corrected chi connectivity index (χ1v) is 7.20. The third-order valence-electron chi connectivity index (χ3n) is 4.54. The lowest BCUT2D eigenvalue weighted by Gasteiger charge is -2.35. The Morgan fingerprint density at radius 3 is 2.61 bits per heavy atom. The van der Waals surface area contributed by atoms with E-state index in [4.69, 9.17) is 4.74 Å².